The summed E-state index contributed by atoms with van der Waals surface area (Å²) in [6, 6.07) is 4.78. The molecule has 0 aliphatic heterocycles. The van der Waals surface area contributed by atoms with E-state index in [1.54, 1.807) is 26.1 Å². The van der Waals surface area contributed by atoms with Crippen LogP contribution < -0.4 is 5.73 Å². The van der Waals surface area contributed by atoms with E-state index in [0.717, 1.165) is 0 Å². The highest BCUT2D eigenvalue weighted by atomic mass is 32.2. The molecule has 2 aromatic rings. The number of anilines is 1. The van der Waals surface area contributed by atoms with Gasteiger partial charge >= 0.3 is 0 Å². The first-order chi connectivity index (χ1) is 8.38. The Labute approximate surface area is 105 Å². The molecule has 0 aliphatic carbocycles. The van der Waals surface area contributed by atoms with E-state index >= 15 is 0 Å². The molecule has 1 aromatic carbocycles. The molecule has 0 spiro atoms. The Morgan fingerprint density at radius 1 is 1.39 bits per heavy atom. The monoisotopic (exact) mass is 267 g/mol. The lowest BCUT2D eigenvalue weighted by atomic mass is 10.2. The fraction of sp³-hybridized carbons (Fsp3) is 0.300. The maximum absolute atomic E-state index is 12.2. The van der Waals surface area contributed by atoms with Gasteiger partial charge in [0.05, 0.1) is 11.9 Å². The molecule has 0 fully saturated rings. The molecule has 2 N–H and O–H groups in total. The number of nitrogens with zero attached hydrogens (tertiary/aromatic N) is 4. The van der Waals surface area contributed by atoms with Crippen LogP contribution in [0.15, 0.2) is 23.1 Å². The second-order valence-corrected chi connectivity index (χ2v) is 5.94. The van der Waals surface area contributed by atoms with Gasteiger partial charge in [-0.15, -0.1) is 10.2 Å². The Bertz CT molecular complexity index is 677. The second-order valence-electron chi connectivity index (χ2n) is 3.98. The number of sulfone groups is 1. The molecule has 1 aromatic heterocycles. The first-order valence-corrected chi connectivity index (χ1v) is 6.85. The molecule has 0 aliphatic rings. The van der Waals surface area contributed by atoms with E-state index in [0.29, 0.717) is 11.3 Å². The summed E-state index contributed by atoms with van der Waals surface area (Å²) in [5.74, 6) is -0.121. The zero-order valence-corrected chi connectivity index (χ0v) is 10.8. The van der Waals surface area contributed by atoms with Crippen molar-refractivity contribution in [2.45, 2.75) is 17.6 Å². The molecule has 0 saturated heterocycles. The summed E-state index contributed by atoms with van der Waals surface area (Å²) >= 11 is 0. The number of hydrogen-bond acceptors (Lipinski definition) is 6. The van der Waals surface area contributed by atoms with Crippen molar-refractivity contribution < 1.29 is 8.42 Å². The third kappa shape index (κ3) is 2.48. The standard InChI is InChI=1S/C10H13N5O2S/c1-7-3-4-8(11)5-9(7)18(16,17)6-10-12-14-15(2)13-10/h3-5H,6,11H2,1-2H3. The fourth-order valence-corrected chi connectivity index (χ4v) is 3.07. The first kappa shape index (κ1) is 12.5. The predicted octanol–water partition coefficient (Wildman–Crippen LogP) is 0.0746. The molecule has 96 valence electrons. The average molecular weight is 267 g/mol. The number of hydrogen-bond donors (Lipinski definition) is 1. The van der Waals surface area contributed by atoms with Crippen LogP contribution in [-0.4, -0.2) is 28.6 Å². The van der Waals surface area contributed by atoms with Crippen LogP contribution in [0.3, 0.4) is 0 Å². The lowest BCUT2D eigenvalue weighted by molar-refractivity contribution is 0.592. The van der Waals surface area contributed by atoms with E-state index in [1.807, 2.05) is 0 Å². The van der Waals surface area contributed by atoms with Crippen LogP contribution in [0.25, 0.3) is 0 Å². The summed E-state index contributed by atoms with van der Waals surface area (Å²) in [6.45, 7) is 1.72. The number of nitrogen functional groups attached to an aromatic ring is 1. The van der Waals surface area contributed by atoms with E-state index in [9.17, 15) is 8.42 Å². The van der Waals surface area contributed by atoms with Crippen molar-refractivity contribution in [3.8, 4) is 0 Å². The van der Waals surface area contributed by atoms with Gasteiger partial charge < -0.3 is 5.73 Å². The van der Waals surface area contributed by atoms with Crippen molar-refractivity contribution in [2.24, 2.45) is 7.05 Å². The van der Waals surface area contributed by atoms with Gasteiger partial charge in [-0.3, -0.25) is 0 Å². The van der Waals surface area contributed by atoms with Crippen LogP contribution in [0.4, 0.5) is 5.69 Å². The number of tetrazole rings is 1. The third-order valence-corrected chi connectivity index (χ3v) is 4.16. The molecule has 0 amide bonds. The summed E-state index contributed by atoms with van der Waals surface area (Å²) in [7, 11) is -1.93. The van der Waals surface area contributed by atoms with Crippen LogP contribution in [0, 0.1) is 6.92 Å². The highest BCUT2D eigenvalue weighted by molar-refractivity contribution is 7.90. The molecule has 18 heavy (non-hydrogen) atoms. The number of benzene rings is 1. The second kappa shape index (κ2) is 4.37. The van der Waals surface area contributed by atoms with Gasteiger partial charge in [-0.25, -0.2) is 8.42 Å². The topological polar surface area (TPSA) is 104 Å². The maximum atomic E-state index is 12.2. The minimum Gasteiger partial charge on any atom is -0.399 e. The van der Waals surface area contributed by atoms with Crippen molar-refractivity contribution in [1.82, 2.24) is 20.2 Å². The van der Waals surface area contributed by atoms with Gasteiger partial charge in [0.1, 0.15) is 5.75 Å². The van der Waals surface area contributed by atoms with Crippen molar-refractivity contribution in [2.75, 3.05) is 5.73 Å². The lowest BCUT2D eigenvalue weighted by Crippen LogP contribution is -2.09. The van der Waals surface area contributed by atoms with Crippen LogP contribution in [0.1, 0.15) is 11.4 Å². The van der Waals surface area contributed by atoms with Gasteiger partial charge in [-0.2, -0.15) is 4.80 Å². The van der Waals surface area contributed by atoms with Gasteiger partial charge in [0.25, 0.3) is 0 Å². The van der Waals surface area contributed by atoms with Gasteiger partial charge in [0.2, 0.25) is 0 Å². The van der Waals surface area contributed by atoms with Crippen LogP contribution >= 0.6 is 0 Å². The SMILES string of the molecule is Cc1ccc(N)cc1S(=O)(=O)Cc1nnn(C)n1. The molecule has 0 radical (unpaired) electrons. The zero-order valence-electron chi connectivity index (χ0n) is 10.0. The Morgan fingerprint density at radius 3 is 2.72 bits per heavy atom. The molecule has 8 heteroatoms. The number of aromatic nitrogens is 4. The zero-order chi connectivity index (χ0) is 13.3. The molecule has 7 nitrogen and oxygen atoms in total. The summed E-state index contributed by atoms with van der Waals surface area (Å²) in [5.41, 5.74) is 6.66. The highest BCUT2D eigenvalue weighted by Gasteiger charge is 2.20. The van der Waals surface area contributed by atoms with Crippen molar-refractivity contribution in [1.29, 1.82) is 0 Å². The molecular formula is C10H13N5O2S. The summed E-state index contributed by atoms with van der Waals surface area (Å²) in [6.07, 6.45) is 0. The molecular weight excluding hydrogens is 254 g/mol. The van der Waals surface area contributed by atoms with Gasteiger partial charge in [-0.1, -0.05) is 6.07 Å². The predicted molar refractivity (Wildman–Crippen MR) is 65.3 cm³/mol. The molecule has 0 atom stereocenters. The number of aryl methyl sites for hydroxylation is 2. The summed E-state index contributed by atoms with van der Waals surface area (Å²) in [5, 5.41) is 11.1. The van der Waals surface area contributed by atoms with Crippen LogP contribution in [0.5, 0.6) is 0 Å². The van der Waals surface area contributed by atoms with E-state index in [4.69, 9.17) is 5.73 Å². The molecule has 0 unspecified atom stereocenters. The average Bonchev–Trinajstić information content (AvgIpc) is 2.66. The Hall–Kier alpha value is -1.96. The van der Waals surface area contributed by atoms with E-state index < -0.39 is 9.84 Å². The first-order valence-electron chi connectivity index (χ1n) is 5.20. The normalized spacial score (nSPS) is 11.7. The van der Waals surface area contributed by atoms with E-state index in [-0.39, 0.29) is 16.5 Å². The number of rotatable bonds is 3. The quantitative estimate of drug-likeness (QED) is 0.789. The number of nitrogens with two attached hydrogens (primary N) is 1. The van der Waals surface area contributed by atoms with Crippen LogP contribution in [0.2, 0.25) is 0 Å². The van der Waals surface area contributed by atoms with Gasteiger partial charge in [0, 0.05) is 5.69 Å². The Kier molecular flexibility index (Phi) is 3.04. The fourth-order valence-electron chi connectivity index (χ4n) is 1.58. The van der Waals surface area contributed by atoms with E-state index in [2.05, 4.69) is 15.4 Å². The summed E-state index contributed by atoms with van der Waals surface area (Å²) in [4.78, 5) is 1.42. The van der Waals surface area contributed by atoms with Gasteiger partial charge in [0.15, 0.2) is 15.7 Å². The molecule has 1 heterocycles. The van der Waals surface area contributed by atoms with Crippen molar-refractivity contribution in [3.63, 3.8) is 0 Å². The maximum Gasteiger partial charge on any atom is 0.190 e. The van der Waals surface area contributed by atoms with E-state index in [1.165, 1.54) is 10.9 Å². The Balaban J connectivity index is 2.39. The summed E-state index contributed by atoms with van der Waals surface area (Å²) < 4.78 is 24.4. The lowest BCUT2D eigenvalue weighted by Gasteiger charge is -2.06. The molecule has 0 bridgehead atoms. The highest BCUT2D eigenvalue weighted by Crippen LogP contribution is 2.21. The Morgan fingerprint density at radius 2 is 2.11 bits per heavy atom. The molecule has 2 rings (SSSR count). The van der Waals surface area contributed by atoms with Crippen molar-refractivity contribution in [3.05, 3.63) is 29.6 Å². The molecule has 0 saturated carbocycles. The minimum absolute atomic E-state index is 0.166. The largest absolute Gasteiger partial charge is 0.399 e. The van der Waals surface area contributed by atoms with Crippen molar-refractivity contribution >= 4 is 15.5 Å². The third-order valence-electron chi connectivity index (χ3n) is 2.42. The smallest absolute Gasteiger partial charge is 0.190 e. The van der Waals surface area contributed by atoms with Crippen LogP contribution in [-0.2, 0) is 22.6 Å². The minimum atomic E-state index is -3.51. The van der Waals surface area contributed by atoms with Gasteiger partial charge in [-0.05, 0) is 29.8 Å².